The monoisotopic (exact) mass is 283 g/mol. The number of amides is 1. The van der Waals surface area contributed by atoms with Gasteiger partial charge in [0.15, 0.2) is 0 Å². The molecule has 2 unspecified atom stereocenters. The summed E-state index contributed by atoms with van der Waals surface area (Å²) in [5.41, 5.74) is -0.0149. The summed E-state index contributed by atoms with van der Waals surface area (Å²) in [4.78, 5) is 11.9. The number of halogens is 2. The summed E-state index contributed by atoms with van der Waals surface area (Å²) in [5.74, 6) is -1.57. The van der Waals surface area contributed by atoms with Gasteiger partial charge in [-0.2, -0.15) is 0 Å². The SMILES string of the molecule is O=C(NCC1CCCCC1CO)c1cc(F)cc(F)c1. The van der Waals surface area contributed by atoms with E-state index in [-0.39, 0.29) is 24.0 Å². The third-order valence-corrected chi connectivity index (χ3v) is 3.95. The molecule has 2 atom stereocenters. The van der Waals surface area contributed by atoms with Crippen molar-refractivity contribution in [1.82, 2.24) is 5.32 Å². The van der Waals surface area contributed by atoms with Crippen LogP contribution in [-0.4, -0.2) is 24.2 Å². The first-order chi connectivity index (χ1) is 9.60. The molecular formula is C15H19F2NO2. The molecule has 1 aliphatic rings. The second-order valence-corrected chi connectivity index (χ2v) is 5.36. The molecule has 110 valence electrons. The predicted octanol–water partition coefficient (Wildman–Crippen LogP) is 2.49. The van der Waals surface area contributed by atoms with E-state index in [1.807, 2.05) is 0 Å². The number of nitrogens with one attached hydrogen (secondary N) is 1. The van der Waals surface area contributed by atoms with Crippen LogP contribution in [0.2, 0.25) is 0 Å². The Morgan fingerprint density at radius 2 is 1.75 bits per heavy atom. The van der Waals surface area contributed by atoms with Crippen molar-refractivity contribution >= 4 is 5.91 Å². The minimum Gasteiger partial charge on any atom is -0.396 e. The van der Waals surface area contributed by atoms with Gasteiger partial charge in [-0.3, -0.25) is 4.79 Å². The molecule has 1 aromatic rings. The fourth-order valence-electron chi connectivity index (χ4n) is 2.80. The molecule has 0 aliphatic heterocycles. The van der Waals surface area contributed by atoms with Gasteiger partial charge in [0.1, 0.15) is 11.6 Å². The maximum absolute atomic E-state index is 13.0. The zero-order chi connectivity index (χ0) is 14.5. The minimum absolute atomic E-state index is 0.0149. The molecule has 0 bridgehead atoms. The summed E-state index contributed by atoms with van der Waals surface area (Å²) < 4.78 is 26.1. The molecule has 1 aliphatic carbocycles. The van der Waals surface area contributed by atoms with Gasteiger partial charge in [0, 0.05) is 24.8 Å². The number of hydrogen-bond acceptors (Lipinski definition) is 2. The molecule has 1 aromatic carbocycles. The summed E-state index contributed by atoms with van der Waals surface area (Å²) in [6.45, 7) is 0.553. The molecule has 20 heavy (non-hydrogen) atoms. The van der Waals surface area contributed by atoms with Gasteiger partial charge in [-0.1, -0.05) is 12.8 Å². The predicted molar refractivity (Wildman–Crippen MR) is 71.2 cm³/mol. The third-order valence-electron chi connectivity index (χ3n) is 3.95. The fraction of sp³-hybridized carbons (Fsp3) is 0.533. The van der Waals surface area contributed by atoms with Crippen molar-refractivity contribution in [3.05, 3.63) is 35.4 Å². The fourth-order valence-corrected chi connectivity index (χ4v) is 2.80. The summed E-state index contributed by atoms with van der Waals surface area (Å²) in [6.07, 6.45) is 4.12. The van der Waals surface area contributed by atoms with Crippen LogP contribution >= 0.6 is 0 Å². The first-order valence-electron chi connectivity index (χ1n) is 6.95. The van der Waals surface area contributed by atoms with Gasteiger partial charge in [0.25, 0.3) is 5.91 Å². The van der Waals surface area contributed by atoms with Gasteiger partial charge in [-0.15, -0.1) is 0 Å². The maximum atomic E-state index is 13.0. The van der Waals surface area contributed by atoms with Crippen molar-refractivity contribution in [3.63, 3.8) is 0 Å². The molecule has 0 spiro atoms. The van der Waals surface area contributed by atoms with Crippen LogP contribution in [0.4, 0.5) is 8.78 Å². The molecule has 2 rings (SSSR count). The van der Waals surface area contributed by atoms with Crippen LogP contribution in [0, 0.1) is 23.5 Å². The van der Waals surface area contributed by atoms with E-state index in [1.165, 1.54) is 0 Å². The van der Waals surface area contributed by atoms with E-state index < -0.39 is 17.5 Å². The highest BCUT2D eigenvalue weighted by Crippen LogP contribution is 2.29. The topological polar surface area (TPSA) is 49.3 Å². The van der Waals surface area contributed by atoms with Crippen LogP contribution in [0.3, 0.4) is 0 Å². The lowest BCUT2D eigenvalue weighted by atomic mass is 9.79. The Balaban J connectivity index is 1.94. The lowest BCUT2D eigenvalue weighted by Crippen LogP contribution is -2.35. The zero-order valence-electron chi connectivity index (χ0n) is 11.2. The zero-order valence-corrected chi connectivity index (χ0v) is 11.2. The first kappa shape index (κ1) is 14.9. The van der Waals surface area contributed by atoms with E-state index in [0.29, 0.717) is 6.54 Å². The highest BCUT2D eigenvalue weighted by Gasteiger charge is 2.24. The molecule has 5 heteroatoms. The number of hydrogen-bond donors (Lipinski definition) is 2. The number of aliphatic hydroxyl groups excluding tert-OH is 1. The van der Waals surface area contributed by atoms with E-state index in [2.05, 4.69) is 5.32 Å². The first-order valence-corrected chi connectivity index (χ1v) is 6.95. The molecule has 0 heterocycles. The lowest BCUT2D eigenvalue weighted by molar-refractivity contribution is 0.0908. The van der Waals surface area contributed by atoms with Gasteiger partial charge in [0.05, 0.1) is 0 Å². The molecule has 2 N–H and O–H groups in total. The van der Waals surface area contributed by atoms with E-state index >= 15 is 0 Å². The van der Waals surface area contributed by atoms with Crippen molar-refractivity contribution in [2.75, 3.05) is 13.2 Å². The lowest BCUT2D eigenvalue weighted by Gasteiger charge is -2.30. The van der Waals surface area contributed by atoms with Gasteiger partial charge >= 0.3 is 0 Å². The van der Waals surface area contributed by atoms with Crippen molar-refractivity contribution in [3.8, 4) is 0 Å². The van der Waals surface area contributed by atoms with Gasteiger partial charge in [-0.05, 0) is 36.8 Å². The average molecular weight is 283 g/mol. The van der Waals surface area contributed by atoms with Crippen LogP contribution in [0.1, 0.15) is 36.0 Å². The van der Waals surface area contributed by atoms with Crippen LogP contribution in [0.5, 0.6) is 0 Å². The summed E-state index contributed by atoms with van der Waals surface area (Å²) in [6, 6.07) is 2.77. The molecular weight excluding hydrogens is 264 g/mol. The molecule has 1 fully saturated rings. The molecule has 0 aromatic heterocycles. The normalized spacial score (nSPS) is 22.6. The van der Waals surface area contributed by atoms with E-state index in [1.54, 1.807) is 0 Å². The quantitative estimate of drug-likeness (QED) is 0.892. The summed E-state index contributed by atoms with van der Waals surface area (Å²) in [5, 5.41) is 12.0. The molecule has 1 amide bonds. The molecule has 0 radical (unpaired) electrons. The average Bonchev–Trinajstić information content (AvgIpc) is 2.44. The van der Waals surface area contributed by atoms with Gasteiger partial charge < -0.3 is 10.4 Å². The van der Waals surface area contributed by atoms with Crippen LogP contribution in [0.15, 0.2) is 18.2 Å². The van der Waals surface area contributed by atoms with E-state index in [4.69, 9.17) is 0 Å². The standard InChI is InChI=1S/C15H19F2NO2/c16-13-5-12(6-14(17)7-13)15(20)18-8-10-3-1-2-4-11(10)9-19/h5-7,10-11,19H,1-4,8-9H2,(H,18,20). The number of aliphatic hydroxyl groups is 1. The Labute approximate surface area is 117 Å². The van der Waals surface area contributed by atoms with Crippen LogP contribution in [-0.2, 0) is 0 Å². The van der Waals surface area contributed by atoms with Crippen molar-refractivity contribution in [1.29, 1.82) is 0 Å². The van der Waals surface area contributed by atoms with Gasteiger partial charge in [0.2, 0.25) is 0 Å². The Morgan fingerprint density at radius 3 is 2.35 bits per heavy atom. The molecule has 0 saturated heterocycles. The largest absolute Gasteiger partial charge is 0.396 e. The van der Waals surface area contributed by atoms with Gasteiger partial charge in [-0.25, -0.2) is 8.78 Å². The molecule has 3 nitrogen and oxygen atoms in total. The number of carbonyl (C=O) groups excluding carboxylic acids is 1. The Morgan fingerprint density at radius 1 is 1.15 bits per heavy atom. The number of carbonyl (C=O) groups is 1. The van der Waals surface area contributed by atoms with Crippen LogP contribution < -0.4 is 5.32 Å². The van der Waals surface area contributed by atoms with E-state index in [0.717, 1.165) is 43.9 Å². The highest BCUT2D eigenvalue weighted by molar-refractivity contribution is 5.94. The van der Waals surface area contributed by atoms with Crippen molar-refractivity contribution < 1.29 is 18.7 Å². The number of benzene rings is 1. The maximum Gasteiger partial charge on any atom is 0.251 e. The smallest absolute Gasteiger partial charge is 0.251 e. The van der Waals surface area contributed by atoms with E-state index in [9.17, 15) is 18.7 Å². The third kappa shape index (κ3) is 3.76. The minimum atomic E-state index is -0.763. The number of rotatable bonds is 4. The second kappa shape index (κ2) is 6.79. The highest BCUT2D eigenvalue weighted by atomic mass is 19.1. The second-order valence-electron chi connectivity index (χ2n) is 5.36. The Hall–Kier alpha value is -1.49. The van der Waals surface area contributed by atoms with Crippen molar-refractivity contribution in [2.24, 2.45) is 11.8 Å². The summed E-state index contributed by atoms with van der Waals surface area (Å²) in [7, 11) is 0. The van der Waals surface area contributed by atoms with Crippen LogP contribution in [0.25, 0.3) is 0 Å². The Bertz CT molecular complexity index is 459. The Kier molecular flexibility index (Phi) is 5.06. The molecule has 1 saturated carbocycles. The summed E-state index contributed by atoms with van der Waals surface area (Å²) >= 11 is 0. The van der Waals surface area contributed by atoms with Crippen molar-refractivity contribution in [2.45, 2.75) is 25.7 Å².